The van der Waals surface area contributed by atoms with Crippen LogP contribution in [-0.4, -0.2) is 35.8 Å². The molecule has 0 unspecified atom stereocenters. The van der Waals surface area contributed by atoms with E-state index in [0.717, 1.165) is 29.4 Å². The average molecular weight is 436 g/mol. The molecular formula is C25H29N3O4. The van der Waals surface area contributed by atoms with Crippen LogP contribution in [0.15, 0.2) is 53.7 Å². The second-order valence-corrected chi connectivity index (χ2v) is 7.69. The smallest absolute Gasteiger partial charge is 0.337 e. The fourth-order valence-electron chi connectivity index (χ4n) is 4.06. The molecule has 4 rings (SSSR count). The number of unbranched alkanes of at least 4 members (excludes halogenated alkanes) is 1. The first-order valence-corrected chi connectivity index (χ1v) is 11.0. The Hall–Kier alpha value is -3.48. The largest absolute Gasteiger partial charge is 0.490 e. The van der Waals surface area contributed by atoms with Gasteiger partial charge in [0.25, 0.3) is 0 Å². The van der Waals surface area contributed by atoms with Crippen molar-refractivity contribution in [3.8, 4) is 11.5 Å². The SMILES string of the molecule is CCCCOc1ccc([C@H]2C(C(=O)OC)=C(C)Nc3nc4ccccc4n32)cc1OCC. The van der Waals surface area contributed by atoms with Crippen LogP contribution in [-0.2, 0) is 9.53 Å². The fraction of sp³-hybridized carbons (Fsp3) is 0.360. The lowest BCUT2D eigenvalue weighted by Gasteiger charge is -2.30. The van der Waals surface area contributed by atoms with E-state index in [1.807, 2.05) is 60.9 Å². The maximum Gasteiger partial charge on any atom is 0.337 e. The Bertz CT molecular complexity index is 1170. The number of fused-ring (bicyclic) bond motifs is 3. The minimum Gasteiger partial charge on any atom is -0.490 e. The van der Waals surface area contributed by atoms with Gasteiger partial charge in [-0.2, -0.15) is 0 Å². The predicted octanol–water partition coefficient (Wildman–Crippen LogP) is 5.08. The minimum atomic E-state index is -0.421. The molecule has 2 aromatic carbocycles. The Morgan fingerprint density at radius 2 is 1.94 bits per heavy atom. The van der Waals surface area contributed by atoms with Crippen LogP contribution in [0.4, 0.5) is 5.95 Å². The molecule has 0 spiro atoms. The number of imidazole rings is 1. The van der Waals surface area contributed by atoms with Crippen LogP contribution in [0.25, 0.3) is 11.0 Å². The van der Waals surface area contributed by atoms with Crippen LogP contribution in [0, 0.1) is 0 Å². The Morgan fingerprint density at radius 3 is 2.69 bits per heavy atom. The number of hydrogen-bond donors (Lipinski definition) is 1. The molecule has 0 aliphatic carbocycles. The van der Waals surface area contributed by atoms with Gasteiger partial charge in [0.05, 0.1) is 43.0 Å². The molecule has 1 aliphatic heterocycles. The number of nitrogens with one attached hydrogen (secondary N) is 1. The van der Waals surface area contributed by atoms with Crippen molar-refractivity contribution in [3.63, 3.8) is 0 Å². The Morgan fingerprint density at radius 1 is 1.12 bits per heavy atom. The van der Waals surface area contributed by atoms with Gasteiger partial charge in [-0.1, -0.05) is 31.5 Å². The summed E-state index contributed by atoms with van der Waals surface area (Å²) < 4.78 is 19.1. The van der Waals surface area contributed by atoms with E-state index in [2.05, 4.69) is 12.2 Å². The molecule has 1 aromatic heterocycles. The maximum absolute atomic E-state index is 12.9. The molecule has 1 N–H and O–H groups in total. The van der Waals surface area contributed by atoms with Gasteiger partial charge in [0, 0.05) is 5.70 Å². The molecule has 0 amide bonds. The zero-order chi connectivity index (χ0) is 22.7. The number of anilines is 1. The number of methoxy groups -OCH3 is 1. The van der Waals surface area contributed by atoms with Crippen LogP contribution in [0.3, 0.4) is 0 Å². The average Bonchev–Trinajstić information content (AvgIpc) is 3.16. The van der Waals surface area contributed by atoms with Gasteiger partial charge in [-0.15, -0.1) is 0 Å². The van der Waals surface area contributed by atoms with Crippen LogP contribution in [0.1, 0.15) is 45.2 Å². The van der Waals surface area contributed by atoms with E-state index in [-0.39, 0.29) is 5.97 Å². The summed E-state index contributed by atoms with van der Waals surface area (Å²) in [5.74, 6) is 1.66. The lowest BCUT2D eigenvalue weighted by Crippen LogP contribution is -2.28. The Labute approximate surface area is 188 Å². The molecule has 0 radical (unpaired) electrons. The number of carbonyl (C=O) groups is 1. The number of para-hydroxylation sites is 2. The zero-order valence-electron chi connectivity index (χ0n) is 19.0. The van der Waals surface area contributed by atoms with Gasteiger partial charge in [0.15, 0.2) is 11.5 Å². The summed E-state index contributed by atoms with van der Waals surface area (Å²) in [7, 11) is 1.40. The molecule has 1 aliphatic rings. The fourth-order valence-corrected chi connectivity index (χ4v) is 4.06. The van der Waals surface area contributed by atoms with E-state index < -0.39 is 6.04 Å². The quantitative estimate of drug-likeness (QED) is 0.393. The highest BCUT2D eigenvalue weighted by Crippen LogP contribution is 2.41. The van der Waals surface area contributed by atoms with Gasteiger partial charge in [-0.25, -0.2) is 9.78 Å². The van der Waals surface area contributed by atoms with Gasteiger partial charge in [-0.05, 0) is 50.1 Å². The van der Waals surface area contributed by atoms with E-state index in [1.165, 1.54) is 7.11 Å². The van der Waals surface area contributed by atoms with Crippen LogP contribution >= 0.6 is 0 Å². The third kappa shape index (κ3) is 3.90. The molecule has 32 heavy (non-hydrogen) atoms. The molecule has 1 atom stereocenters. The first-order chi connectivity index (χ1) is 15.6. The highest BCUT2D eigenvalue weighted by Gasteiger charge is 2.35. The maximum atomic E-state index is 12.9. The number of benzene rings is 2. The number of aromatic nitrogens is 2. The normalized spacial score (nSPS) is 15.3. The highest BCUT2D eigenvalue weighted by molar-refractivity contribution is 5.94. The summed E-state index contributed by atoms with van der Waals surface area (Å²) in [6.07, 6.45) is 2.03. The van der Waals surface area contributed by atoms with Gasteiger partial charge < -0.3 is 19.5 Å². The van der Waals surface area contributed by atoms with Crippen LogP contribution in [0.5, 0.6) is 11.5 Å². The number of ether oxygens (including phenoxy) is 3. The zero-order valence-corrected chi connectivity index (χ0v) is 19.0. The van der Waals surface area contributed by atoms with Crippen molar-refractivity contribution in [1.82, 2.24) is 9.55 Å². The second kappa shape index (κ2) is 9.34. The topological polar surface area (TPSA) is 74.6 Å². The van der Waals surface area contributed by atoms with E-state index in [1.54, 1.807) is 0 Å². The third-order valence-corrected chi connectivity index (χ3v) is 5.57. The van der Waals surface area contributed by atoms with Crippen molar-refractivity contribution < 1.29 is 19.0 Å². The minimum absolute atomic E-state index is 0.385. The third-order valence-electron chi connectivity index (χ3n) is 5.57. The summed E-state index contributed by atoms with van der Waals surface area (Å²) in [6, 6.07) is 13.3. The number of hydrogen-bond acceptors (Lipinski definition) is 6. The lowest BCUT2D eigenvalue weighted by molar-refractivity contribution is -0.136. The van der Waals surface area contributed by atoms with Crippen molar-refractivity contribution in [1.29, 1.82) is 0 Å². The second-order valence-electron chi connectivity index (χ2n) is 7.69. The number of nitrogens with zero attached hydrogens (tertiary/aromatic N) is 2. The number of carbonyl (C=O) groups excluding carboxylic acids is 1. The van der Waals surface area contributed by atoms with Crippen molar-refractivity contribution in [2.24, 2.45) is 0 Å². The van der Waals surface area contributed by atoms with E-state index in [0.29, 0.717) is 41.9 Å². The molecule has 2 heterocycles. The van der Waals surface area contributed by atoms with Crippen molar-refractivity contribution in [3.05, 3.63) is 59.3 Å². The summed E-state index contributed by atoms with van der Waals surface area (Å²) in [5.41, 5.74) is 3.91. The van der Waals surface area contributed by atoms with E-state index in [4.69, 9.17) is 19.2 Å². The van der Waals surface area contributed by atoms with Crippen molar-refractivity contribution in [2.45, 2.75) is 39.7 Å². The van der Waals surface area contributed by atoms with Crippen LogP contribution < -0.4 is 14.8 Å². The van der Waals surface area contributed by atoms with Gasteiger partial charge >= 0.3 is 5.97 Å². The van der Waals surface area contributed by atoms with Crippen molar-refractivity contribution >= 4 is 23.0 Å². The number of rotatable bonds is 8. The molecule has 0 fully saturated rings. The van der Waals surface area contributed by atoms with E-state index in [9.17, 15) is 4.79 Å². The summed E-state index contributed by atoms with van der Waals surface area (Å²) in [4.78, 5) is 17.6. The van der Waals surface area contributed by atoms with Gasteiger partial charge in [0.2, 0.25) is 5.95 Å². The number of esters is 1. The first kappa shape index (κ1) is 21.7. The molecule has 0 saturated carbocycles. The summed E-state index contributed by atoms with van der Waals surface area (Å²) >= 11 is 0. The molecular weight excluding hydrogens is 406 g/mol. The summed E-state index contributed by atoms with van der Waals surface area (Å²) in [6.45, 7) is 7.08. The van der Waals surface area contributed by atoms with Gasteiger partial charge in [-0.3, -0.25) is 4.57 Å². The molecule has 168 valence electrons. The van der Waals surface area contributed by atoms with E-state index >= 15 is 0 Å². The number of allylic oxidation sites excluding steroid dienone is 1. The lowest BCUT2D eigenvalue weighted by atomic mass is 9.94. The molecule has 0 saturated heterocycles. The first-order valence-electron chi connectivity index (χ1n) is 11.0. The predicted molar refractivity (Wildman–Crippen MR) is 124 cm³/mol. The molecule has 0 bridgehead atoms. The van der Waals surface area contributed by atoms with Crippen LogP contribution in [0.2, 0.25) is 0 Å². The highest BCUT2D eigenvalue weighted by atomic mass is 16.5. The molecule has 7 heteroatoms. The molecule has 3 aromatic rings. The monoisotopic (exact) mass is 435 g/mol. The standard InChI is InChI=1S/C25H29N3O4/c1-5-7-14-32-20-13-12-17(15-21(20)31-6-2)23-22(24(29)30-4)16(3)26-25-27-18-10-8-9-11-19(18)28(23)25/h8-13,15,23H,5-7,14H2,1-4H3,(H,26,27)/t23-/m0/s1. The van der Waals surface area contributed by atoms with Gasteiger partial charge in [0.1, 0.15) is 0 Å². The Balaban J connectivity index is 1.87. The molecule has 7 nitrogen and oxygen atoms in total. The van der Waals surface area contributed by atoms with Crippen molar-refractivity contribution in [2.75, 3.05) is 25.6 Å². The summed E-state index contributed by atoms with van der Waals surface area (Å²) in [5, 5.41) is 3.27. The Kier molecular flexibility index (Phi) is 6.35.